The number of nitrogen functional groups attached to an aromatic ring is 1. The highest BCUT2D eigenvalue weighted by molar-refractivity contribution is 7.19. The van der Waals surface area contributed by atoms with Gasteiger partial charge in [0.2, 0.25) is 0 Å². The molecule has 78 valence electrons. The molecule has 0 aliphatic rings. The molecule has 0 aliphatic carbocycles. The van der Waals surface area contributed by atoms with Gasteiger partial charge in [-0.25, -0.2) is 4.79 Å². The number of esters is 1. The highest BCUT2D eigenvalue weighted by Crippen LogP contribution is 2.36. The molecule has 1 aromatic heterocycles. The highest BCUT2D eigenvalue weighted by Gasteiger charge is 2.30. The predicted molar refractivity (Wildman–Crippen MR) is 51.4 cm³/mol. The number of carbonyl (C=O) groups is 1. The molecule has 0 saturated heterocycles. The van der Waals surface area contributed by atoms with Crippen LogP contribution in [0.25, 0.3) is 0 Å². The van der Waals surface area contributed by atoms with E-state index in [9.17, 15) is 14.9 Å². The maximum absolute atomic E-state index is 11.2. The van der Waals surface area contributed by atoms with E-state index in [4.69, 9.17) is 11.0 Å². The molecule has 0 bridgehead atoms. The fourth-order valence-electron chi connectivity index (χ4n) is 0.967. The fourth-order valence-corrected chi connectivity index (χ4v) is 1.79. The summed E-state index contributed by atoms with van der Waals surface area (Å²) in [5.41, 5.74) is 4.78. The van der Waals surface area contributed by atoms with Crippen LogP contribution in [0.1, 0.15) is 15.9 Å². The van der Waals surface area contributed by atoms with Gasteiger partial charge in [0.05, 0.1) is 12.0 Å². The third kappa shape index (κ3) is 1.72. The van der Waals surface area contributed by atoms with Gasteiger partial charge in [-0.05, 0) is 11.3 Å². The summed E-state index contributed by atoms with van der Waals surface area (Å²) in [4.78, 5) is 21.0. The predicted octanol–water partition coefficient (Wildman–Crippen LogP) is 0.897. The van der Waals surface area contributed by atoms with Crippen LogP contribution in [0.3, 0.4) is 0 Å². The van der Waals surface area contributed by atoms with Crippen LogP contribution in [0.15, 0.2) is 0 Å². The Morgan fingerprint density at radius 1 is 1.73 bits per heavy atom. The van der Waals surface area contributed by atoms with Crippen molar-refractivity contribution < 1.29 is 14.5 Å². The molecular weight excluding hydrogens is 222 g/mol. The number of anilines is 1. The van der Waals surface area contributed by atoms with Gasteiger partial charge in [0, 0.05) is 0 Å². The Bertz CT molecular complexity index is 473. The molecule has 7 nitrogen and oxygen atoms in total. The zero-order valence-electron chi connectivity index (χ0n) is 7.51. The molecule has 1 rings (SSSR count). The zero-order chi connectivity index (χ0) is 11.6. The SMILES string of the molecule is COC(=O)c1c([N+](=O)[O-])sc(N)c1C#N. The van der Waals surface area contributed by atoms with Gasteiger partial charge in [0.1, 0.15) is 16.6 Å². The average Bonchev–Trinajstić information content (AvgIpc) is 2.54. The number of carbonyl (C=O) groups excluding carboxylic acids is 1. The Kier molecular flexibility index (Phi) is 2.87. The fraction of sp³-hybridized carbons (Fsp3) is 0.143. The van der Waals surface area contributed by atoms with Crippen LogP contribution < -0.4 is 5.73 Å². The van der Waals surface area contributed by atoms with Crippen molar-refractivity contribution in [2.45, 2.75) is 0 Å². The molecule has 15 heavy (non-hydrogen) atoms. The lowest BCUT2D eigenvalue weighted by Gasteiger charge is -1.95. The maximum Gasteiger partial charge on any atom is 0.347 e. The van der Waals surface area contributed by atoms with Crippen molar-refractivity contribution in [1.29, 1.82) is 5.26 Å². The lowest BCUT2D eigenvalue weighted by Crippen LogP contribution is -2.05. The van der Waals surface area contributed by atoms with Crippen LogP contribution in [0, 0.1) is 21.4 Å². The first-order chi connectivity index (χ1) is 7.02. The van der Waals surface area contributed by atoms with E-state index in [1.54, 1.807) is 6.07 Å². The summed E-state index contributed by atoms with van der Waals surface area (Å²) in [5.74, 6) is -0.939. The molecule has 0 fully saturated rings. The van der Waals surface area contributed by atoms with Crippen molar-refractivity contribution in [3.05, 3.63) is 21.2 Å². The number of nitrogens with two attached hydrogens (primary N) is 1. The number of methoxy groups -OCH3 is 1. The number of ether oxygens (including phenoxy) is 1. The van der Waals surface area contributed by atoms with E-state index in [-0.39, 0.29) is 16.1 Å². The molecule has 0 aliphatic heterocycles. The van der Waals surface area contributed by atoms with Gasteiger partial charge in [-0.15, -0.1) is 0 Å². The molecule has 1 aromatic rings. The van der Waals surface area contributed by atoms with E-state index >= 15 is 0 Å². The smallest absolute Gasteiger partial charge is 0.347 e. The Morgan fingerprint density at radius 2 is 2.33 bits per heavy atom. The summed E-state index contributed by atoms with van der Waals surface area (Å²) in [5, 5.41) is 18.7. The Morgan fingerprint density at radius 3 is 2.73 bits per heavy atom. The number of thiophene rings is 1. The minimum absolute atomic E-state index is 0.0652. The first-order valence-electron chi connectivity index (χ1n) is 3.58. The summed E-state index contributed by atoms with van der Waals surface area (Å²) in [6.45, 7) is 0. The van der Waals surface area contributed by atoms with Crippen molar-refractivity contribution in [1.82, 2.24) is 0 Å². The van der Waals surface area contributed by atoms with E-state index < -0.39 is 15.9 Å². The number of hydrogen-bond donors (Lipinski definition) is 1. The molecule has 0 atom stereocenters. The van der Waals surface area contributed by atoms with E-state index in [1.165, 1.54) is 0 Å². The van der Waals surface area contributed by atoms with Crippen molar-refractivity contribution in [2.75, 3.05) is 12.8 Å². The van der Waals surface area contributed by atoms with Gasteiger partial charge in [0.15, 0.2) is 5.56 Å². The van der Waals surface area contributed by atoms with Gasteiger partial charge in [-0.1, -0.05) is 0 Å². The van der Waals surface area contributed by atoms with Crippen LogP contribution in [0.5, 0.6) is 0 Å². The Balaban J connectivity index is 3.50. The minimum Gasteiger partial charge on any atom is -0.465 e. The number of nitriles is 1. The van der Waals surface area contributed by atoms with Crippen LogP contribution in [0.4, 0.5) is 10.0 Å². The summed E-state index contributed by atoms with van der Waals surface area (Å²) in [6.07, 6.45) is 0. The lowest BCUT2D eigenvalue weighted by atomic mass is 10.2. The van der Waals surface area contributed by atoms with Crippen molar-refractivity contribution in [3.8, 4) is 6.07 Å². The second kappa shape index (κ2) is 3.93. The summed E-state index contributed by atoms with van der Waals surface area (Å²) in [7, 11) is 1.07. The molecule has 0 saturated carbocycles. The topological polar surface area (TPSA) is 119 Å². The summed E-state index contributed by atoms with van der Waals surface area (Å²) < 4.78 is 4.34. The minimum atomic E-state index is -0.939. The molecule has 2 N–H and O–H groups in total. The summed E-state index contributed by atoms with van der Waals surface area (Å²) >= 11 is 0.573. The molecule has 0 aromatic carbocycles. The number of rotatable bonds is 2. The van der Waals surface area contributed by atoms with Gasteiger partial charge < -0.3 is 10.5 Å². The zero-order valence-corrected chi connectivity index (χ0v) is 8.33. The van der Waals surface area contributed by atoms with E-state index in [1.807, 2.05) is 0 Å². The quantitative estimate of drug-likeness (QED) is 0.455. The largest absolute Gasteiger partial charge is 0.465 e. The van der Waals surface area contributed by atoms with Gasteiger partial charge >= 0.3 is 11.0 Å². The van der Waals surface area contributed by atoms with Crippen molar-refractivity contribution in [3.63, 3.8) is 0 Å². The molecule has 0 amide bonds. The third-order valence-corrected chi connectivity index (χ3v) is 2.55. The monoisotopic (exact) mass is 227 g/mol. The number of nitrogens with zero attached hydrogens (tertiary/aromatic N) is 2. The summed E-state index contributed by atoms with van der Waals surface area (Å²) in [6, 6.07) is 1.63. The normalized spacial score (nSPS) is 9.33. The van der Waals surface area contributed by atoms with Crippen LogP contribution in [-0.2, 0) is 4.74 Å². The van der Waals surface area contributed by atoms with Crippen LogP contribution in [0.2, 0.25) is 0 Å². The van der Waals surface area contributed by atoms with Gasteiger partial charge in [-0.3, -0.25) is 10.1 Å². The first kappa shape index (κ1) is 10.9. The lowest BCUT2D eigenvalue weighted by molar-refractivity contribution is -0.380. The first-order valence-corrected chi connectivity index (χ1v) is 4.39. The molecule has 1 heterocycles. The van der Waals surface area contributed by atoms with E-state index in [0.29, 0.717) is 11.3 Å². The Hall–Kier alpha value is -2.14. The van der Waals surface area contributed by atoms with E-state index in [2.05, 4.69) is 4.74 Å². The standard InChI is InChI=1S/C7H5N3O4S/c1-14-7(11)4-3(2-8)5(9)15-6(4)10(12)13/h9H2,1H3. The van der Waals surface area contributed by atoms with Crippen molar-refractivity contribution in [2.24, 2.45) is 0 Å². The maximum atomic E-state index is 11.2. The second-order valence-corrected chi connectivity index (χ2v) is 3.41. The second-order valence-electron chi connectivity index (χ2n) is 2.38. The molecule has 8 heteroatoms. The van der Waals surface area contributed by atoms with Gasteiger partial charge in [0.25, 0.3) is 0 Å². The van der Waals surface area contributed by atoms with Gasteiger partial charge in [-0.2, -0.15) is 5.26 Å². The number of nitro groups is 1. The third-order valence-electron chi connectivity index (χ3n) is 1.58. The number of hydrogen-bond acceptors (Lipinski definition) is 7. The van der Waals surface area contributed by atoms with Crippen LogP contribution >= 0.6 is 11.3 Å². The van der Waals surface area contributed by atoms with Crippen molar-refractivity contribution >= 4 is 27.3 Å². The molecular formula is C7H5N3O4S. The average molecular weight is 227 g/mol. The molecule has 0 radical (unpaired) electrons. The highest BCUT2D eigenvalue weighted by atomic mass is 32.1. The Labute approximate surface area is 87.8 Å². The molecule has 0 unspecified atom stereocenters. The van der Waals surface area contributed by atoms with E-state index in [0.717, 1.165) is 7.11 Å². The molecule has 0 spiro atoms. The van der Waals surface area contributed by atoms with Crippen LogP contribution in [-0.4, -0.2) is 18.0 Å².